The maximum absolute atomic E-state index is 5.15. The molecule has 2 heteroatoms. The van der Waals surface area contributed by atoms with Crippen LogP contribution in [-0.4, -0.2) is 25.6 Å². The zero-order valence-electron chi connectivity index (χ0n) is 12.0. The highest BCUT2D eigenvalue weighted by molar-refractivity contribution is 5.34. The van der Waals surface area contributed by atoms with Gasteiger partial charge in [0.25, 0.3) is 0 Å². The average Bonchev–Trinajstić information content (AvgIpc) is 2.49. The van der Waals surface area contributed by atoms with Crippen LogP contribution in [0, 0.1) is 11.8 Å². The van der Waals surface area contributed by atoms with E-state index in [1.165, 1.54) is 5.56 Å². The molecule has 0 aliphatic heterocycles. The van der Waals surface area contributed by atoms with E-state index in [1.807, 2.05) is 42.5 Å². The summed E-state index contributed by atoms with van der Waals surface area (Å²) in [7, 11) is 3.75. The topological polar surface area (TPSA) is 12.5 Å². The number of rotatable bonds is 4. The zero-order valence-corrected chi connectivity index (χ0v) is 12.0. The molecule has 0 heterocycles. The van der Waals surface area contributed by atoms with Gasteiger partial charge < -0.3 is 4.74 Å². The lowest BCUT2D eigenvalue weighted by molar-refractivity contribution is 0.368. The molecule has 2 rings (SSSR count). The van der Waals surface area contributed by atoms with Gasteiger partial charge in [-0.05, 0) is 36.9 Å². The lowest BCUT2D eigenvalue weighted by Gasteiger charge is -2.13. The first-order valence-corrected chi connectivity index (χ1v) is 6.63. The predicted molar refractivity (Wildman–Crippen MR) is 82.6 cm³/mol. The maximum atomic E-state index is 5.15. The van der Waals surface area contributed by atoms with Crippen LogP contribution in [0.2, 0.25) is 0 Å². The summed E-state index contributed by atoms with van der Waals surface area (Å²) in [4.78, 5) is 2.19. The quantitative estimate of drug-likeness (QED) is 0.787. The van der Waals surface area contributed by atoms with Crippen molar-refractivity contribution < 1.29 is 4.74 Å². The van der Waals surface area contributed by atoms with Crippen LogP contribution in [0.5, 0.6) is 5.75 Å². The highest BCUT2D eigenvalue weighted by Crippen LogP contribution is 2.12. The summed E-state index contributed by atoms with van der Waals surface area (Å²) in [5.41, 5.74) is 2.32. The van der Waals surface area contributed by atoms with Crippen molar-refractivity contribution in [1.29, 1.82) is 0 Å². The molecule has 0 N–H and O–H groups in total. The number of methoxy groups -OCH3 is 1. The second-order valence-corrected chi connectivity index (χ2v) is 4.69. The minimum absolute atomic E-state index is 0.751. The Labute approximate surface area is 121 Å². The molecule has 0 saturated heterocycles. The van der Waals surface area contributed by atoms with Crippen molar-refractivity contribution in [3.63, 3.8) is 0 Å². The van der Waals surface area contributed by atoms with Crippen LogP contribution in [0.3, 0.4) is 0 Å². The molecule has 0 saturated carbocycles. The highest BCUT2D eigenvalue weighted by atomic mass is 16.5. The van der Waals surface area contributed by atoms with E-state index in [2.05, 4.69) is 35.9 Å². The van der Waals surface area contributed by atoms with Gasteiger partial charge in [-0.2, -0.15) is 0 Å². The zero-order chi connectivity index (χ0) is 14.2. The summed E-state index contributed by atoms with van der Waals surface area (Å²) in [6, 6.07) is 18.2. The first-order valence-electron chi connectivity index (χ1n) is 6.63. The third-order valence-corrected chi connectivity index (χ3v) is 2.97. The van der Waals surface area contributed by atoms with Crippen LogP contribution in [0.25, 0.3) is 0 Å². The number of hydrogen-bond donors (Lipinski definition) is 0. The molecule has 0 bridgehead atoms. The second kappa shape index (κ2) is 7.37. The highest BCUT2D eigenvalue weighted by Gasteiger charge is 1.99. The summed E-state index contributed by atoms with van der Waals surface area (Å²) >= 11 is 0. The van der Waals surface area contributed by atoms with Gasteiger partial charge in [-0.25, -0.2) is 0 Å². The Morgan fingerprint density at radius 3 is 2.35 bits per heavy atom. The predicted octanol–water partition coefficient (Wildman–Crippen LogP) is 3.18. The fourth-order valence-electron chi connectivity index (χ4n) is 1.90. The molecule has 0 spiro atoms. The van der Waals surface area contributed by atoms with Crippen LogP contribution < -0.4 is 4.74 Å². The molecular formula is C18H19NO. The summed E-state index contributed by atoms with van der Waals surface area (Å²) in [6.45, 7) is 1.63. The van der Waals surface area contributed by atoms with Crippen LogP contribution in [0.15, 0.2) is 54.6 Å². The first kappa shape index (κ1) is 14.2. The van der Waals surface area contributed by atoms with E-state index in [-0.39, 0.29) is 0 Å². The Bertz CT molecular complexity index is 578. The third kappa shape index (κ3) is 4.46. The Hall–Kier alpha value is -2.24. The lowest BCUT2D eigenvalue weighted by Crippen LogP contribution is -2.17. The molecule has 2 aromatic carbocycles. The smallest absolute Gasteiger partial charge is 0.118 e. The van der Waals surface area contributed by atoms with E-state index in [0.717, 1.165) is 24.4 Å². The molecule has 102 valence electrons. The lowest BCUT2D eigenvalue weighted by atomic mass is 10.2. The van der Waals surface area contributed by atoms with Crippen LogP contribution in [0.4, 0.5) is 0 Å². The van der Waals surface area contributed by atoms with Gasteiger partial charge in [-0.3, -0.25) is 4.90 Å². The molecule has 0 amide bonds. The van der Waals surface area contributed by atoms with Gasteiger partial charge in [0, 0.05) is 12.1 Å². The van der Waals surface area contributed by atoms with Gasteiger partial charge >= 0.3 is 0 Å². The van der Waals surface area contributed by atoms with E-state index in [9.17, 15) is 0 Å². The minimum Gasteiger partial charge on any atom is -0.497 e. The molecule has 0 aliphatic rings. The molecule has 0 aliphatic carbocycles. The number of benzene rings is 2. The van der Waals surface area contributed by atoms with E-state index in [4.69, 9.17) is 4.74 Å². The minimum atomic E-state index is 0.751. The van der Waals surface area contributed by atoms with Crippen molar-refractivity contribution in [3.05, 3.63) is 65.7 Å². The Balaban J connectivity index is 1.86. The van der Waals surface area contributed by atoms with E-state index in [1.54, 1.807) is 7.11 Å². The second-order valence-electron chi connectivity index (χ2n) is 4.69. The standard InChI is InChI=1S/C18H19NO/c1-19(14-6-9-16-7-4-3-5-8-16)15-17-10-12-18(20-2)13-11-17/h3-5,7-8,10-13H,14-15H2,1-2H3. The van der Waals surface area contributed by atoms with Crippen molar-refractivity contribution in [2.45, 2.75) is 6.54 Å². The monoisotopic (exact) mass is 265 g/mol. The van der Waals surface area contributed by atoms with Crippen molar-refractivity contribution in [3.8, 4) is 17.6 Å². The molecule has 0 fully saturated rings. The van der Waals surface area contributed by atoms with Crippen molar-refractivity contribution in [2.24, 2.45) is 0 Å². The van der Waals surface area contributed by atoms with E-state index >= 15 is 0 Å². The molecule has 2 aromatic rings. The molecule has 2 nitrogen and oxygen atoms in total. The van der Waals surface area contributed by atoms with Gasteiger partial charge in [0.1, 0.15) is 5.75 Å². The molecule has 0 aromatic heterocycles. The fourth-order valence-corrected chi connectivity index (χ4v) is 1.90. The first-order chi connectivity index (χ1) is 9.78. The van der Waals surface area contributed by atoms with Gasteiger partial charge in [0.05, 0.1) is 13.7 Å². The van der Waals surface area contributed by atoms with Crippen molar-refractivity contribution in [2.75, 3.05) is 20.7 Å². The van der Waals surface area contributed by atoms with Crippen LogP contribution in [0.1, 0.15) is 11.1 Å². The van der Waals surface area contributed by atoms with Gasteiger partial charge in [0.15, 0.2) is 0 Å². The fraction of sp³-hybridized carbons (Fsp3) is 0.222. The molecule has 0 radical (unpaired) electrons. The number of hydrogen-bond acceptors (Lipinski definition) is 2. The van der Waals surface area contributed by atoms with E-state index in [0.29, 0.717) is 0 Å². The van der Waals surface area contributed by atoms with Gasteiger partial charge in [-0.15, -0.1) is 0 Å². The van der Waals surface area contributed by atoms with Crippen LogP contribution >= 0.6 is 0 Å². The Morgan fingerprint density at radius 2 is 1.70 bits per heavy atom. The maximum Gasteiger partial charge on any atom is 0.118 e. The van der Waals surface area contributed by atoms with Crippen LogP contribution in [-0.2, 0) is 6.54 Å². The molecule has 0 unspecified atom stereocenters. The number of ether oxygens (including phenoxy) is 1. The average molecular weight is 265 g/mol. The summed E-state index contributed by atoms with van der Waals surface area (Å²) in [5.74, 6) is 7.25. The normalized spacial score (nSPS) is 9.95. The summed E-state index contributed by atoms with van der Waals surface area (Å²) in [6.07, 6.45) is 0. The third-order valence-electron chi connectivity index (χ3n) is 2.97. The van der Waals surface area contributed by atoms with E-state index < -0.39 is 0 Å². The van der Waals surface area contributed by atoms with Gasteiger partial charge in [0.2, 0.25) is 0 Å². The Morgan fingerprint density at radius 1 is 1.00 bits per heavy atom. The summed E-state index contributed by atoms with van der Waals surface area (Å²) in [5, 5.41) is 0. The SMILES string of the molecule is COc1ccc(CN(C)CC#Cc2ccccc2)cc1. The molecular weight excluding hydrogens is 246 g/mol. The van der Waals surface area contributed by atoms with Crippen molar-refractivity contribution >= 4 is 0 Å². The summed E-state index contributed by atoms with van der Waals surface area (Å²) < 4.78 is 5.15. The largest absolute Gasteiger partial charge is 0.497 e. The molecule has 0 atom stereocenters. The molecule has 20 heavy (non-hydrogen) atoms. The van der Waals surface area contributed by atoms with Gasteiger partial charge in [-0.1, -0.05) is 42.2 Å². The number of nitrogens with zero attached hydrogens (tertiary/aromatic N) is 1. The Kier molecular flexibility index (Phi) is 5.23. The van der Waals surface area contributed by atoms with Crippen molar-refractivity contribution in [1.82, 2.24) is 4.90 Å².